The molecule has 11 heteroatoms. The van der Waals surface area contributed by atoms with Gasteiger partial charge in [-0.2, -0.15) is 18.4 Å². The molecule has 3 saturated heterocycles. The largest absolute Gasteiger partial charge is 0.490 e. The van der Waals surface area contributed by atoms with E-state index in [2.05, 4.69) is 11.0 Å². The van der Waals surface area contributed by atoms with Gasteiger partial charge in [0, 0.05) is 70.5 Å². The molecule has 3 aromatic rings. The SMILES string of the molecule is N#Cc1ccc(OC2CCN(C(=O)c3ccc(CN4CC5(CCN(Cc6ccc(C(F)(F)F)cc6)CC5)OC4=O)cc3)CC2)cc1. The van der Waals surface area contributed by atoms with Gasteiger partial charge in [-0.15, -0.1) is 0 Å². The van der Waals surface area contributed by atoms with E-state index in [4.69, 9.17) is 14.7 Å². The Morgan fingerprint density at radius 2 is 1.50 bits per heavy atom. The van der Waals surface area contributed by atoms with Crippen molar-refractivity contribution >= 4 is 12.0 Å². The van der Waals surface area contributed by atoms with Crippen molar-refractivity contribution in [3.8, 4) is 11.8 Å². The summed E-state index contributed by atoms with van der Waals surface area (Å²) in [4.78, 5) is 31.7. The molecule has 0 saturated carbocycles. The van der Waals surface area contributed by atoms with E-state index < -0.39 is 17.3 Å². The highest BCUT2D eigenvalue weighted by atomic mass is 19.4. The van der Waals surface area contributed by atoms with Crippen LogP contribution in [0.15, 0.2) is 72.8 Å². The van der Waals surface area contributed by atoms with Crippen molar-refractivity contribution in [3.63, 3.8) is 0 Å². The number of alkyl halides is 3. The van der Waals surface area contributed by atoms with Crippen molar-refractivity contribution in [1.82, 2.24) is 14.7 Å². The van der Waals surface area contributed by atoms with Gasteiger partial charge in [-0.25, -0.2) is 4.79 Å². The van der Waals surface area contributed by atoms with Gasteiger partial charge in [0.15, 0.2) is 0 Å². The van der Waals surface area contributed by atoms with E-state index in [1.165, 1.54) is 12.1 Å². The van der Waals surface area contributed by atoms with Crippen LogP contribution in [0.3, 0.4) is 0 Å². The number of hydrogen-bond donors (Lipinski definition) is 0. The first-order valence-corrected chi connectivity index (χ1v) is 15.5. The minimum atomic E-state index is -4.35. The monoisotopic (exact) mass is 632 g/mol. The zero-order valence-corrected chi connectivity index (χ0v) is 25.3. The molecule has 8 nitrogen and oxygen atoms in total. The Labute approximate surface area is 265 Å². The number of halogens is 3. The molecule has 3 fully saturated rings. The van der Waals surface area contributed by atoms with E-state index >= 15 is 0 Å². The van der Waals surface area contributed by atoms with Crippen LogP contribution in [0.1, 0.15) is 58.3 Å². The van der Waals surface area contributed by atoms with Crippen LogP contribution in [-0.4, -0.2) is 71.1 Å². The number of hydrogen-bond acceptors (Lipinski definition) is 6. The molecule has 0 atom stereocenters. The van der Waals surface area contributed by atoms with Gasteiger partial charge < -0.3 is 14.4 Å². The molecule has 3 aliphatic rings. The Bertz CT molecular complexity index is 1570. The number of nitrogens with zero attached hydrogens (tertiary/aromatic N) is 4. The van der Waals surface area contributed by atoms with Crippen molar-refractivity contribution < 1.29 is 32.2 Å². The van der Waals surface area contributed by atoms with Crippen LogP contribution in [0.4, 0.5) is 18.0 Å². The number of likely N-dealkylation sites (tertiary alicyclic amines) is 2. The van der Waals surface area contributed by atoms with Gasteiger partial charge in [-0.05, 0) is 59.7 Å². The summed E-state index contributed by atoms with van der Waals surface area (Å²) in [6, 6.07) is 21.7. The third-order valence-electron chi connectivity index (χ3n) is 9.09. The fourth-order valence-electron chi connectivity index (χ4n) is 6.38. The van der Waals surface area contributed by atoms with Crippen molar-refractivity contribution in [2.45, 2.75) is 56.7 Å². The number of benzene rings is 3. The molecule has 3 aliphatic heterocycles. The molecule has 1 spiro atoms. The molecule has 3 aromatic carbocycles. The maximum absolute atomic E-state index is 13.2. The van der Waals surface area contributed by atoms with Gasteiger partial charge in [0.05, 0.1) is 23.7 Å². The van der Waals surface area contributed by atoms with Crippen LogP contribution < -0.4 is 4.74 Å². The van der Waals surface area contributed by atoms with Crippen LogP contribution in [0.5, 0.6) is 5.75 Å². The second-order valence-electron chi connectivity index (χ2n) is 12.3. The predicted molar refractivity (Wildman–Crippen MR) is 163 cm³/mol. The fraction of sp³-hybridized carbons (Fsp3) is 0.400. The number of carbonyl (C=O) groups excluding carboxylic acids is 2. The Hall–Kier alpha value is -4.56. The summed E-state index contributed by atoms with van der Waals surface area (Å²) in [5.74, 6) is 0.681. The summed E-state index contributed by atoms with van der Waals surface area (Å²) in [6.07, 6.45) is -1.96. The average Bonchev–Trinajstić information content (AvgIpc) is 3.36. The van der Waals surface area contributed by atoms with Crippen LogP contribution in [-0.2, 0) is 24.0 Å². The molecule has 0 aliphatic carbocycles. The second kappa shape index (κ2) is 13.0. The highest BCUT2D eigenvalue weighted by Crippen LogP contribution is 2.35. The fourth-order valence-corrected chi connectivity index (χ4v) is 6.38. The predicted octanol–water partition coefficient (Wildman–Crippen LogP) is 6.25. The second-order valence-corrected chi connectivity index (χ2v) is 12.3. The zero-order chi connectivity index (χ0) is 32.3. The Morgan fingerprint density at radius 3 is 2.11 bits per heavy atom. The van der Waals surface area contributed by atoms with Crippen molar-refractivity contribution in [2.24, 2.45) is 0 Å². The molecule has 0 bridgehead atoms. The van der Waals surface area contributed by atoms with E-state index in [1.54, 1.807) is 41.3 Å². The van der Waals surface area contributed by atoms with Gasteiger partial charge in [-0.1, -0.05) is 24.3 Å². The summed E-state index contributed by atoms with van der Waals surface area (Å²) >= 11 is 0. The lowest BCUT2D eigenvalue weighted by atomic mass is 9.91. The van der Waals surface area contributed by atoms with Gasteiger partial charge in [0.2, 0.25) is 0 Å². The summed E-state index contributed by atoms with van der Waals surface area (Å²) in [7, 11) is 0. The highest BCUT2D eigenvalue weighted by molar-refractivity contribution is 5.94. The minimum Gasteiger partial charge on any atom is -0.490 e. The molecule has 3 heterocycles. The number of amides is 2. The summed E-state index contributed by atoms with van der Waals surface area (Å²) in [5.41, 5.74) is 1.67. The molecule has 0 radical (unpaired) electrons. The van der Waals surface area contributed by atoms with Gasteiger partial charge in [-0.3, -0.25) is 14.6 Å². The maximum Gasteiger partial charge on any atom is 0.416 e. The van der Waals surface area contributed by atoms with Crippen molar-refractivity contribution in [1.29, 1.82) is 5.26 Å². The molecular formula is C35H35F3N4O4. The zero-order valence-electron chi connectivity index (χ0n) is 25.3. The van der Waals surface area contributed by atoms with Gasteiger partial charge in [0.1, 0.15) is 17.5 Å². The first kappa shape index (κ1) is 31.4. The van der Waals surface area contributed by atoms with Gasteiger partial charge >= 0.3 is 12.3 Å². The Balaban J connectivity index is 0.956. The number of carbonyl (C=O) groups is 2. The number of nitriles is 1. The van der Waals surface area contributed by atoms with E-state index in [-0.39, 0.29) is 18.1 Å². The molecule has 2 amide bonds. The molecule has 0 unspecified atom stereocenters. The maximum atomic E-state index is 13.2. The highest BCUT2D eigenvalue weighted by Gasteiger charge is 2.46. The molecule has 240 valence electrons. The Kier molecular flexibility index (Phi) is 8.91. The quantitative estimate of drug-likeness (QED) is 0.306. The topological polar surface area (TPSA) is 86.1 Å². The van der Waals surface area contributed by atoms with E-state index in [0.717, 1.165) is 36.1 Å². The number of ether oxygens (including phenoxy) is 2. The molecule has 6 rings (SSSR count). The lowest BCUT2D eigenvalue weighted by Gasteiger charge is -2.37. The first-order valence-electron chi connectivity index (χ1n) is 15.5. The lowest BCUT2D eigenvalue weighted by Crippen LogP contribution is -2.46. The third-order valence-corrected chi connectivity index (χ3v) is 9.09. The summed E-state index contributed by atoms with van der Waals surface area (Å²) in [5, 5.41) is 8.95. The van der Waals surface area contributed by atoms with Crippen LogP contribution >= 0.6 is 0 Å². The molecule has 0 N–H and O–H groups in total. The van der Waals surface area contributed by atoms with Crippen molar-refractivity contribution in [2.75, 3.05) is 32.7 Å². The standard InChI is InChI=1S/C35H35F3N4O4/c36-35(37,38)29-9-3-26(4-10-29)22-40-19-15-34(16-20-40)24-42(33(44)46-34)23-27-1-7-28(8-2-27)32(43)41-17-13-31(14-18-41)45-30-11-5-25(21-39)6-12-30/h1-12,31H,13-20,22-24H2. The van der Waals surface area contributed by atoms with Crippen LogP contribution in [0.25, 0.3) is 0 Å². The van der Waals surface area contributed by atoms with Crippen LogP contribution in [0, 0.1) is 11.3 Å². The lowest BCUT2D eigenvalue weighted by molar-refractivity contribution is -0.137. The summed E-state index contributed by atoms with van der Waals surface area (Å²) < 4.78 is 50.5. The van der Waals surface area contributed by atoms with E-state index in [9.17, 15) is 22.8 Å². The molecule has 0 aromatic heterocycles. The Morgan fingerprint density at radius 1 is 0.891 bits per heavy atom. The minimum absolute atomic E-state index is 0.00847. The normalized spacial score (nSPS) is 18.8. The van der Waals surface area contributed by atoms with E-state index in [0.29, 0.717) is 75.5 Å². The number of rotatable bonds is 7. The smallest absolute Gasteiger partial charge is 0.416 e. The number of piperidine rings is 2. The van der Waals surface area contributed by atoms with Gasteiger partial charge in [0.25, 0.3) is 5.91 Å². The van der Waals surface area contributed by atoms with Crippen molar-refractivity contribution in [3.05, 3.63) is 101 Å². The molecule has 46 heavy (non-hydrogen) atoms. The average molecular weight is 633 g/mol. The first-order chi connectivity index (χ1) is 22.1. The molecular weight excluding hydrogens is 597 g/mol. The van der Waals surface area contributed by atoms with Crippen LogP contribution in [0.2, 0.25) is 0 Å². The third kappa shape index (κ3) is 7.29. The van der Waals surface area contributed by atoms with E-state index in [1.807, 2.05) is 17.0 Å². The summed E-state index contributed by atoms with van der Waals surface area (Å²) in [6.45, 7) is 3.93.